The predicted molar refractivity (Wildman–Crippen MR) is 90.4 cm³/mol. The number of rotatable bonds is 4. The van der Waals surface area contributed by atoms with Gasteiger partial charge in [0, 0.05) is 31.9 Å². The van der Waals surface area contributed by atoms with Crippen LogP contribution in [-0.4, -0.2) is 43.0 Å². The van der Waals surface area contributed by atoms with Crippen molar-refractivity contribution in [2.75, 3.05) is 6.54 Å². The van der Waals surface area contributed by atoms with Crippen molar-refractivity contribution >= 4 is 5.91 Å². The SMILES string of the molecule is Cc1cnn(C[C@@H]2CCCCN2C(=O)[C@@H]2C[C@H]2c2cnn(C)c2)c1. The molecule has 2 fully saturated rings. The number of amides is 1. The van der Waals surface area contributed by atoms with Crippen LogP contribution in [0.1, 0.15) is 42.7 Å². The molecule has 2 aromatic rings. The van der Waals surface area contributed by atoms with E-state index in [1.165, 1.54) is 17.5 Å². The summed E-state index contributed by atoms with van der Waals surface area (Å²) in [6.45, 7) is 3.75. The molecule has 1 amide bonds. The first-order valence-electron chi connectivity index (χ1n) is 8.90. The molecule has 3 atom stereocenters. The van der Waals surface area contributed by atoms with Crippen LogP contribution in [0.25, 0.3) is 0 Å². The van der Waals surface area contributed by atoms with Crippen molar-refractivity contribution in [3.05, 3.63) is 35.9 Å². The molecule has 1 saturated carbocycles. The average Bonchev–Trinajstić information content (AvgIpc) is 3.09. The lowest BCUT2D eigenvalue weighted by molar-refractivity contribution is -0.136. The summed E-state index contributed by atoms with van der Waals surface area (Å²) in [5.74, 6) is 0.840. The lowest BCUT2D eigenvalue weighted by Gasteiger charge is -2.36. The number of likely N-dealkylation sites (tertiary alicyclic amines) is 1. The number of hydrogen-bond donors (Lipinski definition) is 0. The average molecular weight is 327 g/mol. The van der Waals surface area contributed by atoms with Crippen molar-refractivity contribution in [3.8, 4) is 0 Å². The summed E-state index contributed by atoms with van der Waals surface area (Å²) < 4.78 is 3.80. The first kappa shape index (κ1) is 15.4. The number of hydrogen-bond acceptors (Lipinski definition) is 3. The molecule has 0 radical (unpaired) electrons. The molecular weight excluding hydrogens is 302 g/mol. The number of aryl methyl sites for hydroxylation is 2. The number of carbonyl (C=O) groups is 1. The Morgan fingerprint density at radius 1 is 1.25 bits per heavy atom. The lowest BCUT2D eigenvalue weighted by Crippen LogP contribution is -2.46. The van der Waals surface area contributed by atoms with Crippen LogP contribution in [0.5, 0.6) is 0 Å². The molecule has 2 aromatic heterocycles. The quantitative estimate of drug-likeness (QED) is 0.864. The fourth-order valence-corrected chi connectivity index (χ4v) is 3.94. The third-order valence-corrected chi connectivity index (χ3v) is 5.33. The van der Waals surface area contributed by atoms with E-state index in [0.29, 0.717) is 11.8 Å². The van der Waals surface area contributed by atoms with Crippen molar-refractivity contribution in [2.24, 2.45) is 13.0 Å². The molecule has 24 heavy (non-hydrogen) atoms. The Bertz CT molecular complexity index is 733. The zero-order valence-electron chi connectivity index (χ0n) is 14.4. The van der Waals surface area contributed by atoms with Gasteiger partial charge in [0.25, 0.3) is 0 Å². The minimum atomic E-state index is 0.147. The topological polar surface area (TPSA) is 56.0 Å². The second kappa shape index (κ2) is 6.07. The second-order valence-electron chi connectivity index (χ2n) is 7.32. The first-order valence-corrected chi connectivity index (χ1v) is 8.90. The molecule has 6 nitrogen and oxygen atoms in total. The highest BCUT2D eigenvalue weighted by Gasteiger charge is 2.47. The van der Waals surface area contributed by atoms with E-state index in [1.54, 1.807) is 0 Å². The molecule has 1 saturated heterocycles. The zero-order valence-corrected chi connectivity index (χ0v) is 14.4. The summed E-state index contributed by atoms with van der Waals surface area (Å²) >= 11 is 0. The monoisotopic (exact) mass is 327 g/mol. The van der Waals surface area contributed by atoms with Gasteiger partial charge in [-0.15, -0.1) is 0 Å². The summed E-state index contributed by atoms with van der Waals surface area (Å²) in [4.78, 5) is 15.2. The van der Waals surface area contributed by atoms with Gasteiger partial charge in [-0.2, -0.15) is 10.2 Å². The van der Waals surface area contributed by atoms with Gasteiger partial charge in [0.05, 0.1) is 25.0 Å². The van der Waals surface area contributed by atoms with Crippen molar-refractivity contribution in [2.45, 2.75) is 51.1 Å². The maximum atomic E-state index is 13.0. The molecule has 4 rings (SSSR count). The highest BCUT2D eigenvalue weighted by molar-refractivity contribution is 5.83. The van der Waals surface area contributed by atoms with Crippen LogP contribution >= 0.6 is 0 Å². The largest absolute Gasteiger partial charge is 0.338 e. The van der Waals surface area contributed by atoms with E-state index >= 15 is 0 Å². The van der Waals surface area contributed by atoms with Crippen LogP contribution in [0.2, 0.25) is 0 Å². The predicted octanol–water partition coefficient (Wildman–Crippen LogP) is 2.11. The highest BCUT2D eigenvalue weighted by Crippen LogP contribution is 2.48. The lowest BCUT2D eigenvalue weighted by atomic mass is 10.0. The van der Waals surface area contributed by atoms with Crippen LogP contribution in [0.4, 0.5) is 0 Å². The summed E-state index contributed by atoms with van der Waals surface area (Å²) in [6.07, 6.45) is 12.2. The van der Waals surface area contributed by atoms with Gasteiger partial charge in [-0.05, 0) is 49.7 Å². The van der Waals surface area contributed by atoms with Gasteiger partial charge in [-0.25, -0.2) is 0 Å². The highest BCUT2D eigenvalue weighted by atomic mass is 16.2. The summed E-state index contributed by atoms with van der Waals surface area (Å²) in [5.41, 5.74) is 2.37. The number of carbonyl (C=O) groups excluding carboxylic acids is 1. The van der Waals surface area contributed by atoms with Gasteiger partial charge < -0.3 is 4.90 Å². The Kier molecular flexibility index (Phi) is 3.90. The Morgan fingerprint density at radius 2 is 2.12 bits per heavy atom. The first-order chi connectivity index (χ1) is 11.6. The van der Waals surface area contributed by atoms with Crippen LogP contribution in [0.15, 0.2) is 24.8 Å². The van der Waals surface area contributed by atoms with E-state index in [2.05, 4.69) is 28.2 Å². The summed E-state index contributed by atoms with van der Waals surface area (Å²) in [5, 5.41) is 8.63. The van der Waals surface area contributed by atoms with E-state index in [-0.39, 0.29) is 12.0 Å². The van der Waals surface area contributed by atoms with Gasteiger partial charge in [-0.1, -0.05) is 0 Å². The Hall–Kier alpha value is -2.11. The number of nitrogens with zero attached hydrogens (tertiary/aromatic N) is 5. The molecule has 0 unspecified atom stereocenters. The smallest absolute Gasteiger partial charge is 0.226 e. The Labute approximate surface area is 142 Å². The van der Waals surface area contributed by atoms with E-state index in [4.69, 9.17) is 0 Å². The van der Waals surface area contributed by atoms with Crippen LogP contribution in [0.3, 0.4) is 0 Å². The third-order valence-electron chi connectivity index (χ3n) is 5.33. The molecule has 0 aromatic carbocycles. The molecule has 1 aliphatic carbocycles. The van der Waals surface area contributed by atoms with Gasteiger partial charge in [0.15, 0.2) is 0 Å². The fourth-order valence-electron chi connectivity index (χ4n) is 3.94. The van der Waals surface area contributed by atoms with Crippen molar-refractivity contribution in [3.63, 3.8) is 0 Å². The van der Waals surface area contributed by atoms with E-state index in [0.717, 1.165) is 32.4 Å². The van der Waals surface area contributed by atoms with Gasteiger partial charge >= 0.3 is 0 Å². The molecule has 6 heteroatoms. The summed E-state index contributed by atoms with van der Waals surface area (Å²) in [7, 11) is 1.93. The maximum Gasteiger partial charge on any atom is 0.226 e. The molecule has 1 aliphatic heterocycles. The Balaban J connectivity index is 1.44. The molecule has 0 bridgehead atoms. The van der Waals surface area contributed by atoms with Crippen molar-refractivity contribution in [1.29, 1.82) is 0 Å². The minimum absolute atomic E-state index is 0.147. The normalized spacial score (nSPS) is 26.6. The minimum Gasteiger partial charge on any atom is -0.338 e. The number of aromatic nitrogens is 4. The molecule has 0 N–H and O–H groups in total. The third kappa shape index (κ3) is 2.97. The van der Waals surface area contributed by atoms with Crippen LogP contribution < -0.4 is 0 Å². The maximum absolute atomic E-state index is 13.0. The molecule has 128 valence electrons. The van der Waals surface area contributed by atoms with Crippen molar-refractivity contribution in [1.82, 2.24) is 24.5 Å². The van der Waals surface area contributed by atoms with Gasteiger partial charge in [0.1, 0.15) is 0 Å². The van der Waals surface area contributed by atoms with Crippen LogP contribution in [0, 0.1) is 12.8 Å². The Morgan fingerprint density at radius 3 is 2.83 bits per heavy atom. The molecular formula is C18H25N5O. The molecule has 3 heterocycles. The van der Waals surface area contributed by atoms with E-state index in [9.17, 15) is 4.79 Å². The molecule has 0 spiro atoms. The van der Waals surface area contributed by atoms with Crippen LogP contribution in [-0.2, 0) is 18.4 Å². The van der Waals surface area contributed by atoms with Gasteiger partial charge in [0.2, 0.25) is 5.91 Å². The fraction of sp³-hybridized carbons (Fsp3) is 0.611. The van der Waals surface area contributed by atoms with Gasteiger partial charge in [-0.3, -0.25) is 14.2 Å². The zero-order chi connectivity index (χ0) is 16.7. The van der Waals surface area contributed by atoms with E-state index < -0.39 is 0 Å². The van der Waals surface area contributed by atoms with Crippen molar-refractivity contribution < 1.29 is 4.79 Å². The van der Waals surface area contributed by atoms with E-state index in [1.807, 2.05) is 35.0 Å². The standard InChI is InChI=1S/C18H25N5O/c1-13-8-20-22(10-13)12-15-5-3-4-6-23(15)18(24)17-7-16(17)14-9-19-21(2)11-14/h8-11,15-17H,3-7,12H2,1-2H3/t15-,16-,17+/m0/s1. The number of piperidine rings is 1. The molecule has 2 aliphatic rings. The second-order valence-corrected chi connectivity index (χ2v) is 7.32. The summed E-state index contributed by atoms with van der Waals surface area (Å²) in [6, 6.07) is 0.278.